The van der Waals surface area contributed by atoms with Gasteiger partial charge in [-0.1, -0.05) is 0 Å². The number of rotatable bonds is 4. The third kappa shape index (κ3) is 4.07. The van der Waals surface area contributed by atoms with Gasteiger partial charge in [-0.05, 0) is 24.3 Å². The Hall–Kier alpha value is -1.96. The number of aliphatic hydroxyl groups excluding tert-OH is 1. The van der Waals surface area contributed by atoms with Crippen LogP contribution in [0.5, 0.6) is 0 Å². The summed E-state index contributed by atoms with van der Waals surface area (Å²) in [4.78, 5) is 20.5. The summed E-state index contributed by atoms with van der Waals surface area (Å²) < 4.78 is 0. The van der Waals surface area contributed by atoms with E-state index in [1.165, 1.54) is 0 Å². The lowest BCUT2D eigenvalue weighted by Gasteiger charge is -2.34. The summed E-state index contributed by atoms with van der Waals surface area (Å²) in [6.07, 6.45) is 1.78. The fourth-order valence-electron chi connectivity index (χ4n) is 2.58. The highest BCUT2D eigenvalue weighted by molar-refractivity contribution is 7.13. The molecule has 0 unspecified atom stereocenters. The van der Waals surface area contributed by atoms with E-state index in [2.05, 4.69) is 15.2 Å². The molecular formula is C16H20N4O2S. The zero-order chi connectivity index (χ0) is 16.1. The molecule has 7 heteroatoms. The minimum atomic E-state index is -0.0735. The maximum atomic E-state index is 12.3. The highest BCUT2D eigenvalue weighted by atomic mass is 32.1. The van der Waals surface area contributed by atoms with Crippen LogP contribution in [-0.2, 0) is 0 Å². The number of amides is 2. The molecule has 23 heavy (non-hydrogen) atoms. The number of thiazole rings is 1. The van der Waals surface area contributed by atoms with Crippen LogP contribution in [0.15, 0.2) is 35.8 Å². The van der Waals surface area contributed by atoms with Gasteiger partial charge in [-0.3, -0.25) is 4.90 Å². The molecular weight excluding hydrogens is 312 g/mol. The Morgan fingerprint density at radius 2 is 1.96 bits per heavy atom. The van der Waals surface area contributed by atoms with Gasteiger partial charge in [-0.15, -0.1) is 11.3 Å². The van der Waals surface area contributed by atoms with Crippen LogP contribution < -0.4 is 5.32 Å². The minimum absolute atomic E-state index is 0.0735. The molecule has 0 spiro atoms. The van der Waals surface area contributed by atoms with E-state index in [1.807, 2.05) is 34.5 Å². The van der Waals surface area contributed by atoms with Gasteiger partial charge in [-0.2, -0.15) is 0 Å². The molecule has 0 bridgehead atoms. The van der Waals surface area contributed by atoms with E-state index < -0.39 is 0 Å². The van der Waals surface area contributed by atoms with Crippen molar-refractivity contribution in [2.24, 2.45) is 0 Å². The van der Waals surface area contributed by atoms with Crippen LogP contribution in [0.25, 0.3) is 10.6 Å². The summed E-state index contributed by atoms with van der Waals surface area (Å²) in [7, 11) is 0. The molecule has 122 valence electrons. The highest BCUT2D eigenvalue weighted by Gasteiger charge is 2.20. The quantitative estimate of drug-likeness (QED) is 0.898. The van der Waals surface area contributed by atoms with Crippen molar-refractivity contribution < 1.29 is 9.90 Å². The van der Waals surface area contributed by atoms with Crippen molar-refractivity contribution in [2.75, 3.05) is 44.6 Å². The lowest BCUT2D eigenvalue weighted by Crippen LogP contribution is -2.50. The number of urea groups is 1. The molecule has 1 aliphatic heterocycles. The second kappa shape index (κ2) is 7.54. The lowest BCUT2D eigenvalue weighted by atomic mass is 10.2. The SMILES string of the molecule is O=C(Nc1ccc(-c2nccs2)cc1)N1CCN(CCO)CC1. The molecule has 3 rings (SSSR count). The first kappa shape index (κ1) is 15.9. The van der Waals surface area contributed by atoms with Crippen LogP contribution in [0.1, 0.15) is 0 Å². The molecule has 1 aromatic heterocycles. The van der Waals surface area contributed by atoms with Gasteiger partial charge in [0.15, 0.2) is 0 Å². The van der Waals surface area contributed by atoms with E-state index in [1.54, 1.807) is 17.5 Å². The minimum Gasteiger partial charge on any atom is -0.395 e. The fourth-order valence-corrected chi connectivity index (χ4v) is 3.23. The van der Waals surface area contributed by atoms with Crippen LogP contribution in [-0.4, -0.2) is 65.3 Å². The first-order valence-electron chi connectivity index (χ1n) is 7.65. The Bertz CT molecular complexity index is 622. The second-order valence-electron chi connectivity index (χ2n) is 5.40. The number of carbonyl (C=O) groups is 1. The summed E-state index contributed by atoms with van der Waals surface area (Å²) in [6.45, 7) is 3.81. The predicted molar refractivity (Wildman–Crippen MR) is 91.7 cm³/mol. The summed E-state index contributed by atoms with van der Waals surface area (Å²) in [5, 5.41) is 14.8. The number of anilines is 1. The van der Waals surface area contributed by atoms with Crippen LogP contribution >= 0.6 is 11.3 Å². The molecule has 0 atom stereocenters. The number of nitrogens with one attached hydrogen (secondary N) is 1. The van der Waals surface area contributed by atoms with Crippen molar-refractivity contribution >= 4 is 23.1 Å². The van der Waals surface area contributed by atoms with Gasteiger partial charge >= 0.3 is 6.03 Å². The Kier molecular flexibility index (Phi) is 5.22. The molecule has 0 saturated carbocycles. The molecule has 0 aliphatic carbocycles. The number of β-amino-alcohol motifs (C(OH)–C–C–N with tert-alkyl or cyclic N) is 1. The number of nitrogens with zero attached hydrogens (tertiary/aromatic N) is 3. The summed E-state index contributed by atoms with van der Waals surface area (Å²) in [5.41, 5.74) is 1.84. The predicted octanol–water partition coefficient (Wildman–Crippen LogP) is 1.95. The van der Waals surface area contributed by atoms with E-state index in [0.717, 1.165) is 29.3 Å². The van der Waals surface area contributed by atoms with E-state index in [-0.39, 0.29) is 12.6 Å². The molecule has 2 amide bonds. The van der Waals surface area contributed by atoms with Crippen LogP contribution in [0.2, 0.25) is 0 Å². The molecule has 1 aliphatic rings. The lowest BCUT2D eigenvalue weighted by molar-refractivity contribution is 0.127. The molecule has 2 heterocycles. The van der Waals surface area contributed by atoms with Crippen LogP contribution in [0.4, 0.5) is 10.5 Å². The van der Waals surface area contributed by atoms with Crippen molar-refractivity contribution in [3.63, 3.8) is 0 Å². The van der Waals surface area contributed by atoms with Crippen molar-refractivity contribution in [3.8, 4) is 10.6 Å². The average molecular weight is 332 g/mol. The smallest absolute Gasteiger partial charge is 0.321 e. The molecule has 1 saturated heterocycles. The standard InChI is InChI=1S/C16H20N4O2S/c21-11-10-19-6-8-20(9-7-19)16(22)18-14-3-1-13(2-4-14)15-17-5-12-23-15/h1-5,12,21H,6-11H2,(H,18,22). The fraction of sp³-hybridized carbons (Fsp3) is 0.375. The Morgan fingerprint density at radius 1 is 1.22 bits per heavy atom. The first-order valence-corrected chi connectivity index (χ1v) is 8.53. The van der Waals surface area contributed by atoms with Gasteiger partial charge in [0, 0.05) is 55.6 Å². The van der Waals surface area contributed by atoms with Crippen molar-refractivity contribution in [2.45, 2.75) is 0 Å². The van der Waals surface area contributed by atoms with E-state index in [9.17, 15) is 4.79 Å². The highest BCUT2D eigenvalue weighted by Crippen LogP contribution is 2.23. The molecule has 0 radical (unpaired) electrons. The Morgan fingerprint density at radius 3 is 2.57 bits per heavy atom. The summed E-state index contributed by atoms with van der Waals surface area (Å²) >= 11 is 1.59. The molecule has 1 aromatic carbocycles. The summed E-state index contributed by atoms with van der Waals surface area (Å²) in [6, 6.07) is 7.66. The zero-order valence-electron chi connectivity index (χ0n) is 12.8. The number of aliphatic hydroxyl groups is 1. The van der Waals surface area contributed by atoms with Gasteiger partial charge < -0.3 is 15.3 Å². The van der Waals surface area contributed by atoms with E-state index >= 15 is 0 Å². The first-order chi connectivity index (χ1) is 11.3. The molecule has 2 aromatic rings. The van der Waals surface area contributed by atoms with Crippen molar-refractivity contribution in [1.29, 1.82) is 0 Å². The summed E-state index contributed by atoms with van der Waals surface area (Å²) in [5.74, 6) is 0. The van der Waals surface area contributed by atoms with Crippen LogP contribution in [0, 0.1) is 0 Å². The second-order valence-corrected chi connectivity index (χ2v) is 6.29. The average Bonchev–Trinajstić information content (AvgIpc) is 3.11. The van der Waals surface area contributed by atoms with E-state index in [4.69, 9.17) is 5.11 Å². The number of hydrogen-bond donors (Lipinski definition) is 2. The van der Waals surface area contributed by atoms with Gasteiger partial charge in [0.2, 0.25) is 0 Å². The van der Waals surface area contributed by atoms with Gasteiger partial charge in [0.05, 0.1) is 6.61 Å². The topological polar surface area (TPSA) is 68.7 Å². The number of piperazine rings is 1. The molecule has 1 fully saturated rings. The number of carbonyl (C=O) groups excluding carboxylic acids is 1. The van der Waals surface area contributed by atoms with Gasteiger partial charge in [-0.25, -0.2) is 9.78 Å². The van der Waals surface area contributed by atoms with Crippen molar-refractivity contribution in [1.82, 2.24) is 14.8 Å². The van der Waals surface area contributed by atoms with Crippen molar-refractivity contribution in [3.05, 3.63) is 35.8 Å². The van der Waals surface area contributed by atoms with Gasteiger partial charge in [0.1, 0.15) is 5.01 Å². The maximum Gasteiger partial charge on any atom is 0.321 e. The van der Waals surface area contributed by atoms with Crippen LogP contribution in [0.3, 0.4) is 0 Å². The zero-order valence-corrected chi connectivity index (χ0v) is 13.6. The molecule has 6 nitrogen and oxygen atoms in total. The number of hydrogen-bond acceptors (Lipinski definition) is 5. The number of aromatic nitrogens is 1. The normalized spacial score (nSPS) is 15.6. The largest absolute Gasteiger partial charge is 0.395 e. The third-order valence-electron chi connectivity index (χ3n) is 3.89. The Balaban J connectivity index is 1.54. The maximum absolute atomic E-state index is 12.3. The van der Waals surface area contributed by atoms with E-state index in [0.29, 0.717) is 19.6 Å². The third-order valence-corrected chi connectivity index (χ3v) is 4.71. The monoisotopic (exact) mass is 332 g/mol. The number of benzene rings is 1. The molecule has 2 N–H and O–H groups in total. The van der Waals surface area contributed by atoms with Gasteiger partial charge in [0.25, 0.3) is 0 Å². The Labute approximate surface area is 139 Å².